The van der Waals surface area contributed by atoms with Crippen molar-refractivity contribution in [3.63, 3.8) is 0 Å². The predicted molar refractivity (Wildman–Crippen MR) is 74.9 cm³/mol. The van der Waals surface area contributed by atoms with Crippen LogP contribution in [0.15, 0.2) is 40.8 Å². The number of hydrogen-bond acceptors (Lipinski definition) is 3. The molecule has 0 saturated carbocycles. The Hall–Kier alpha value is -1.84. The van der Waals surface area contributed by atoms with E-state index in [1.807, 2.05) is 0 Å². The molecular formula is C14H7Cl2NO2. The Kier molecular flexibility index (Phi) is 3.01. The van der Waals surface area contributed by atoms with E-state index in [4.69, 9.17) is 27.6 Å². The van der Waals surface area contributed by atoms with Gasteiger partial charge in [-0.15, -0.1) is 0 Å². The minimum Gasteiger partial charge on any atom is -0.436 e. The van der Waals surface area contributed by atoms with Crippen LogP contribution in [0.4, 0.5) is 0 Å². The summed E-state index contributed by atoms with van der Waals surface area (Å²) < 4.78 is 5.62. The van der Waals surface area contributed by atoms with E-state index < -0.39 is 0 Å². The lowest BCUT2D eigenvalue weighted by atomic mass is 10.2. The molecule has 1 heterocycles. The second kappa shape index (κ2) is 4.68. The molecular weight excluding hydrogens is 285 g/mol. The average Bonchev–Trinajstić information content (AvgIpc) is 2.80. The number of aromatic nitrogens is 1. The predicted octanol–water partition coefficient (Wildman–Crippen LogP) is 4.61. The third kappa shape index (κ3) is 2.23. The number of rotatable bonds is 2. The van der Waals surface area contributed by atoms with Crippen molar-refractivity contribution in [3.05, 3.63) is 52.0 Å². The van der Waals surface area contributed by atoms with Gasteiger partial charge in [0.25, 0.3) is 0 Å². The summed E-state index contributed by atoms with van der Waals surface area (Å²) in [6.07, 6.45) is 0.761. The molecule has 0 amide bonds. The number of aldehydes is 1. The zero-order valence-corrected chi connectivity index (χ0v) is 11.1. The van der Waals surface area contributed by atoms with Crippen molar-refractivity contribution in [2.75, 3.05) is 0 Å². The van der Waals surface area contributed by atoms with Crippen molar-refractivity contribution < 1.29 is 9.21 Å². The van der Waals surface area contributed by atoms with Crippen molar-refractivity contribution in [3.8, 4) is 11.5 Å². The Labute approximate surface area is 118 Å². The van der Waals surface area contributed by atoms with E-state index in [9.17, 15) is 4.79 Å². The summed E-state index contributed by atoms with van der Waals surface area (Å²) in [6.45, 7) is 0. The van der Waals surface area contributed by atoms with Crippen LogP contribution in [-0.4, -0.2) is 11.3 Å². The fraction of sp³-hybridized carbons (Fsp3) is 0. The highest BCUT2D eigenvalue weighted by molar-refractivity contribution is 6.36. The highest BCUT2D eigenvalue weighted by Gasteiger charge is 2.12. The van der Waals surface area contributed by atoms with Crippen LogP contribution in [0.5, 0.6) is 0 Å². The van der Waals surface area contributed by atoms with Crippen LogP contribution in [0, 0.1) is 0 Å². The molecule has 0 atom stereocenters. The van der Waals surface area contributed by atoms with E-state index in [0.29, 0.717) is 38.2 Å². The maximum atomic E-state index is 10.7. The van der Waals surface area contributed by atoms with Gasteiger partial charge in [-0.25, -0.2) is 4.98 Å². The van der Waals surface area contributed by atoms with Gasteiger partial charge in [-0.1, -0.05) is 23.2 Å². The Morgan fingerprint density at radius 1 is 1.11 bits per heavy atom. The van der Waals surface area contributed by atoms with Gasteiger partial charge in [-0.3, -0.25) is 4.79 Å². The molecule has 3 rings (SSSR count). The van der Waals surface area contributed by atoms with Crippen LogP contribution in [0.3, 0.4) is 0 Å². The number of fused-ring (bicyclic) bond motifs is 1. The minimum atomic E-state index is 0.403. The first kappa shape index (κ1) is 12.2. The molecule has 0 aliphatic heterocycles. The normalized spacial score (nSPS) is 10.8. The Morgan fingerprint density at radius 2 is 1.95 bits per heavy atom. The zero-order chi connectivity index (χ0) is 13.4. The van der Waals surface area contributed by atoms with Gasteiger partial charge >= 0.3 is 0 Å². The molecule has 0 fully saturated rings. The maximum absolute atomic E-state index is 10.7. The van der Waals surface area contributed by atoms with Gasteiger partial charge in [0.05, 0.1) is 10.6 Å². The van der Waals surface area contributed by atoms with E-state index in [1.165, 1.54) is 0 Å². The molecule has 3 aromatic rings. The Morgan fingerprint density at radius 3 is 2.68 bits per heavy atom. The molecule has 0 saturated heterocycles. The van der Waals surface area contributed by atoms with Gasteiger partial charge in [0.2, 0.25) is 5.89 Å². The molecule has 0 aliphatic rings. The van der Waals surface area contributed by atoms with Gasteiger partial charge in [0.1, 0.15) is 11.8 Å². The molecule has 0 radical (unpaired) electrons. The number of hydrogen-bond donors (Lipinski definition) is 0. The standard InChI is InChI=1S/C14H7Cl2NO2/c15-9-2-3-10(11(16)6-9)14-17-12-4-1-8(7-18)5-13(12)19-14/h1-7H. The summed E-state index contributed by atoms with van der Waals surface area (Å²) >= 11 is 12.0. The highest BCUT2D eigenvalue weighted by Crippen LogP contribution is 2.31. The number of benzene rings is 2. The largest absolute Gasteiger partial charge is 0.436 e. The monoisotopic (exact) mass is 291 g/mol. The van der Waals surface area contributed by atoms with E-state index in [0.717, 1.165) is 6.29 Å². The molecule has 5 heteroatoms. The van der Waals surface area contributed by atoms with E-state index in [1.54, 1.807) is 36.4 Å². The van der Waals surface area contributed by atoms with Crippen molar-refractivity contribution in [2.24, 2.45) is 0 Å². The molecule has 0 spiro atoms. The molecule has 0 aliphatic carbocycles. The lowest BCUT2D eigenvalue weighted by Gasteiger charge is -1.99. The summed E-state index contributed by atoms with van der Waals surface area (Å²) in [7, 11) is 0. The Bertz CT molecular complexity index is 780. The zero-order valence-electron chi connectivity index (χ0n) is 9.56. The first-order valence-electron chi connectivity index (χ1n) is 5.48. The number of carbonyl (C=O) groups is 1. The molecule has 0 bridgehead atoms. The summed E-state index contributed by atoms with van der Waals surface area (Å²) in [5.74, 6) is 0.403. The molecule has 19 heavy (non-hydrogen) atoms. The summed E-state index contributed by atoms with van der Waals surface area (Å²) in [4.78, 5) is 15.1. The number of oxazole rings is 1. The second-order valence-corrected chi connectivity index (χ2v) is 4.83. The van der Waals surface area contributed by atoms with Crippen LogP contribution in [-0.2, 0) is 0 Å². The summed E-state index contributed by atoms with van der Waals surface area (Å²) in [6, 6.07) is 10.2. The van der Waals surface area contributed by atoms with E-state index in [2.05, 4.69) is 4.98 Å². The quantitative estimate of drug-likeness (QED) is 0.647. The van der Waals surface area contributed by atoms with Crippen molar-refractivity contribution >= 4 is 40.6 Å². The van der Waals surface area contributed by atoms with Crippen LogP contribution in [0.1, 0.15) is 10.4 Å². The first-order valence-corrected chi connectivity index (χ1v) is 6.24. The first-order chi connectivity index (χ1) is 9.17. The molecule has 0 N–H and O–H groups in total. The third-order valence-corrected chi connectivity index (χ3v) is 3.26. The van der Waals surface area contributed by atoms with Gasteiger partial charge in [-0.2, -0.15) is 0 Å². The number of carbonyl (C=O) groups excluding carboxylic acids is 1. The molecule has 1 aromatic heterocycles. The van der Waals surface area contributed by atoms with E-state index in [-0.39, 0.29) is 0 Å². The van der Waals surface area contributed by atoms with Gasteiger partial charge in [0.15, 0.2) is 5.58 Å². The highest BCUT2D eigenvalue weighted by atomic mass is 35.5. The third-order valence-electron chi connectivity index (χ3n) is 2.71. The van der Waals surface area contributed by atoms with Gasteiger partial charge < -0.3 is 4.42 Å². The van der Waals surface area contributed by atoms with Crippen molar-refractivity contribution in [1.82, 2.24) is 4.98 Å². The van der Waals surface area contributed by atoms with Crippen molar-refractivity contribution in [2.45, 2.75) is 0 Å². The molecule has 3 nitrogen and oxygen atoms in total. The molecule has 0 unspecified atom stereocenters. The average molecular weight is 292 g/mol. The van der Waals surface area contributed by atoms with Crippen LogP contribution in [0.2, 0.25) is 10.0 Å². The maximum Gasteiger partial charge on any atom is 0.228 e. The molecule has 94 valence electrons. The van der Waals surface area contributed by atoms with Crippen LogP contribution >= 0.6 is 23.2 Å². The topological polar surface area (TPSA) is 43.1 Å². The van der Waals surface area contributed by atoms with Gasteiger partial charge in [0, 0.05) is 10.6 Å². The second-order valence-electron chi connectivity index (χ2n) is 3.99. The molecule has 2 aromatic carbocycles. The van der Waals surface area contributed by atoms with Crippen molar-refractivity contribution in [1.29, 1.82) is 0 Å². The lowest BCUT2D eigenvalue weighted by molar-refractivity contribution is 0.112. The SMILES string of the molecule is O=Cc1ccc2nc(-c3ccc(Cl)cc3Cl)oc2c1. The van der Waals surface area contributed by atoms with Crippen LogP contribution in [0.25, 0.3) is 22.6 Å². The van der Waals surface area contributed by atoms with Crippen LogP contribution < -0.4 is 0 Å². The smallest absolute Gasteiger partial charge is 0.228 e. The fourth-order valence-electron chi connectivity index (χ4n) is 1.79. The Balaban J connectivity index is 2.17. The lowest BCUT2D eigenvalue weighted by Crippen LogP contribution is -1.79. The summed E-state index contributed by atoms with van der Waals surface area (Å²) in [5.41, 5.74) is 2.42. The fourth-order valence-corrected chi connectivity index (χ4v) is 2.28. The number of nitrogens with zero attached hydrogens (tertiary/aromatic N) is 1. The minimum absolute atomic E-state index is 0.403. The number of halogens is 2. The summed E-state index contributed by atoms with van der Waals surface area (Å²) in [5, 5.41) is 1.02. The van der Waals surface area contributed by atoms with E-state index >= 15 is 0 Å². The van der Waals surface area contributed by atoms with Gasteiger partial charge in [-0.05, 0) is 36.4 Å².